The predicted octanol–water partition coefficient (Wildman–Crippen LogP) is 4.26. The molecule has 3 rings (SSSR count). The number of halogens is 1. The van der Waals surface area contributed by atoms with Crippen molar-refractivity contribution in [2.75, 3.05) is 32.5 Å². The van der Waals surface area contributed by atoms with Crippen LogP contribution in [-0.2, 0) is 0 Å². The van der Waals surface area contributed by atoms with Gasteiger partial charge in [-0.15, -0.1) is 12.4 Å². The fourth-order valence-electron chi connectivity index (χ4n) is 3.12. The van der Waals surface area contributed by atoms with Crippen LogP contribution in [0.2, 0.25) is 0 Å². The summed E-state index contributed by atoms with van der Waals surface area (Å²) in [6.07, 6.45) is 1.10. The Morgan fingerprint density at radius 2 is 1.92 bits per heavy atom. The molecule has 0 aliphatic carbocycles. The molecule has 0 saturated heterocycles. The van der Waals surface area contributed by atoms with Crippen molar-refractivity contribution in [3.8, 4) is 0 Å². The average Bonchev–Trinajstić information content (AvgIpc) is 2.87. The number of fused-ring (bicyclic) bond motifs is 2. The van der Waals surface area contributed by atoms with Gasteiger partial charge in [-0.25, -0.2) is 9.67 Å². The van der Waals surface area contributed by atoms with E-state index in [0.717, 1.165) is 41.8 Å². The van der Waals surface area contributed by atoms with Crippen molar-refractivity contribution < 1.29 is 0 Å². The van der Waals surface area contributed by atoms with E-state index in [9.17, 15) is 0 Å². The Morgan fingerprint density at radius 1 is 1.20 bits per heavy atom. The normalized spacial score (nSPS) is 11.5. The number of anilines is 1. The molecular formula is C19H28ClN5. The van der Waals surface area contributed by atoms with Crippen molar-refractivity contribution in [2.45, 2.75) is 33.2 Å². The van der Waals surface area contributed by atoms with Gasteiger partial charge in [0.05, 0.1) is 22.3 Å². The molecule has 0 aliphatic heterocycles. The SMILES string of the molecule is Cc1nn(C(C)C)c2nc3ccccc3c(NCCCN(C)C)c12.Cl. The van der Waals surface area contributed by atoms with Crippen LogP contribution in [-0.4, -0.2) is 46.8 Å². The van der Waals surface area contributed by atoms with Gasteiger partial charge in [0, 0.05) is 18.0 Å². The van der Waals surface area contributed by atoms with E-state index in [1.807, 2.05) is 10.7 Å². The zero-order valence-corrected chi connectivity index (χ0v) is 16.5. The molecule has 2 heterocycles. The molecule has 0 unspecified atom stereocenters. The molecular weight excluding hydrogens is 334 g/mol. The highest BCUT2D eigenvalue weighted by Gasteiger charge is 2.17. The van der Waals surface area contributed by atoms with Gasteiger partial charge in [-0.05, 0) is 53.9 Å². The first-order valence-corrected chi connectivity index (χ1v) is 8.65. The molecule has 0 bridgehead atoms. The lowest BCUT2D eigenvalue weighted by atomic mass is 10.1. The molecule has 0 aliphatic rings. The van der Waals surface area contributed by atoms with Gasteiger partial charge in [-0.3, -0.25) is 0 Å². The first-order chi connectivity index (χ1) is 11.5. The zero-order valence-electron chi connectivity index (χ0n) is 15.7. The first-order valence-electron chi connectivity index (χ1n) is 8.65. The highest BCUT2D eigenvalue weighted by atomic mass is 35.5. The molecule has 136 valence electrons. The molecule has 1 aromatic carbocycles. The van der Waals surface area contributed by atoms with Gasteiger partial charge in [0.2, 0.25) is 0 Å². The van der Waals surface area contributed by atoms with E-state index in [4.69, 9.17) is 10.1 Å². The van der Waals surface area contributed by atoms with E-state index in [1.54, 1.807) is 0 Å². The number of para-hydroxylation sites is 1. The van der Waals surface area contributed by atoms with E-state index >= 15 is 0 Å². The van der Waals surface area contributed by atoms with Crippen LogP contribution in [0.3, 0.4) is 0 Å². The molecule has 2 aromatic heterocycles. The molecule has 0 spiro atoms. The Hall–Kier alpha value is -1.85. The quantitative estimate of drug-likeness (QED) is 0.666. The van der Waals surface area contributed by atoms with Crippen LogP contribution in [0, 0.1) is 6.92 Å². The van der Waals surface area contributed by atoms with Crippen molar-refractivity contribution >= 4 is 40.0 Å². The third kappa shape index (κ3) is 3.88. The fraction of sp³-hybridized carbons (Fsp3) is 0.474. The summed E-state index contributed by atoms with van der Waals surface area (Å²) in [6.45, 7) is 8.37. The zero-order chi connectivity index (χ0) is 17.3. The number of nitrogens with one attached hydrogen (secondary N) is 1. The van der Waals surface area contributed by atoms with Crippen LogP contribution >= 0.6 is 12.4 Å². The summed E-state index contributed by atoms with van der Waals surface area (Å²) in [6, 6.07) is 8.62. The molecule has 0 amide bonds. The molecule has 6 heteroatoms. The second-order valence-electron chi connectivity index (χ2n) is 6.91. The third-order valence-corrected chi connectivity index (χ3v) is 4.28. The Labute approximate surface area is 155 Å². The summed E-state index contributed by atoms with van der Waals surface area (Å²) < 4.78 is 2.03. The summed E-state index contributed by atoms with van der Waals surface area (Å²) >= 11 is 0. The van der Waals surface area contributed by atoms with E-state index in [1.165, 1.54) is 11.1 Å². The van der Waals surface area contributed by atoms with E-state index < -0.39 is 0 Å². The van der Waals surface area contributed by atoms with E-state index in [-0.39, 0.29) is 18.4 Å². The maximum atomic E-state index is 4.89. The Kier molecular flexibility index (Phi) is 6.25. The summed E-state index contributed by atoms with van der Waals surface area (Å²) in [5.41, 5.74) is 4.18. The van der Waals surface area contributed by atoms with Crippen molar-refractivity contribution in [1.82, 2.24) is 19.7 Å². The van der Waals surface area contributed by atoms with Crippen molar-refractivity contribution in [2.24, 2.45) is 0 Å². The van der Waals surface area contributed by atoms with Crippen molar-refractivity contribution in [3.63, 3.8) is 0 Å². The standard InChI is InChI=1S/C19H27N5.ClH/c1-13(2)24-19-17(14(3)22-24)18(20-11-8-12-23(4)5)15-9-6-7-10-16(15)21-19;/h6-7,9-10,13H,8,11-12H2,1-5H3,(H,20,21);1H. The highest BCUT2D eigenvalue weighted by molar-refractivity contribution is 6.07. The minimum absolute atomic E-state index is 0. The third-order valence-electron chi connectivity index (χ3n) is 4.28. The lowest BCUT2D eigenvalue weighted by molar-refractivity contribution is 0.405. The van der Waals surface area contributed by atoms with Crippen LogP contribution in [0.4, 0.5) is 5.69 Å². The second-order valence-corrected chi connectivity index (χ2v) is 6.91. The van der Waals surface area contributed by atoms with Gasteiger partial charge in [0.15, 0.2) is 5.65 Å². The summed E-state index contributed by atoms with van der Waals surface area (Å²) in [7, 11) is 4.22. The number of aromatic nitrogens is 3. The average molecular weight is 362 g/mol. The molecule has 0 saturated carbocycles. The van der Waals surface area contributed by atoms with Gasteiger partial charge >= 0.3 is 0 Å². The van der Waals surface area contributed by atoms with E-state index in [2.05, 4.69) is 63.3 Å². The summed E-state index contributed by atoms with van der Waals surface area (Å²) in [4.78, 5) is 7.10. The Balaban J connectivity index is 0.00000225. The molecule has 0 fully saturated rings. The van der Waals surface area contributed by atoms with Gasteiger partial charge in [-0.1, -0.05) is 18.2 Å². The van der Waals surface area contributed by atoms with Crippen LogP contribution in [0.1, 0.15) is 32.0 Å². The largest absolute Gasteiger partial charge is 0.384 e. The molecule has 25 heavy (non-hydrogen) atoms. The van der Waals surface area contributed by atoms with Crippen LogP contribution in [0.15, 0.2) is 24.3 Å². The molecule has 3 aromatic rings. The maximum absolute atomic E-state index is 4.89. The first kappa shape index (κ1) is 19.5. The van der Waals surface area contributed by atoms with Gasteiger partial charge in [-0.2, -0.15) is 5.10 Å². The van der Waals surface area contributed by atoms with Crippen LogP contribution in [0.5, 0.6) is 0 Å². The summed E-state index contributed by atoms with van der Waals surface area (Å²) in [5, 5.41) is 10.7. The number of aryl methyl sites for hydroxylation is 1. The molecule has 1 N–H and O–H groups in total. The number of nitrogens with zero attached hydrogens (tertiary/aromatic N) is 4. The fourth-order valence-corrected chi connectivity index (χ4v) is 3.12. The van der Waals surface area contributed by atoms with Crippen molar-refractivity contribution in [1.29, 1.82) is 0 Å². The number of rotatable bonds is 6. The predicted molar refractivity (Wildman–Crippen MR) is 109 cm³/mol. The summed E-state index contributed by atoms with van der Waals surface area (Å²) in [5.74, 6) is 0. The van der Waals surface area contributed by atoms with Crippen LogP contribution in [0.25, 0.3) is 21.9 Å². The number of hydrogen-bond donors (Lipinski definition) is 1. The van der Waals surface area contributed by atoms with Crippen LogP contribution < -0.4 is 5.32 Å². The monoisotopic (exact) mass is 361 g/mol. The highest BCUT2D eigenvalue weighted by Crippen LogP contribution is 2.33. The maximum Gasteiger partial charge on any atom is 0.161 e. The van der Waals surface area contributed by atoms with E-state index in [0.29, 0.717) is 0 Å². The molecule has 5 nitrogen and oxygen atoms in total. The number of pyridine rings is 1. The lowest BCUT2D eigenvalue weighted by Gasteiger charge is -2.14. The van der Waals surface area contributed by atoms with Crippen molar-refractivity contribution in [3.05, 3.63) is 30.0 Å². The minimum atomic E-state index is 0. The van der Waals surface area contributed by atoms with Gasteiger partial charge < -0.3 is 10.2 Å². The molecule has 0 atom stereocenters. The number of hydrogen-bond acceptors (Lipinski definition) is 4. The number of benzene rings is 1. The second kappa shape index (κ2) is 8.02. The minimum Gasteiger partial charge on any atom is -0.384 e. The van der Waals surface area contributed by atoms with Gasteiger partial charge in [0.25, 0.3) is 0 Å². The topological polar surface area (TPSA) is 46.0 Å². The lowest BCUT2D eigenvalue weighted by Crippen LogP contribution is -2.16. The smallest absolute Gasteiger partial charge is 0.161 e. The molecule has 0 radical (unpaired) electrons. The van der Waals surface area contributed by atoms with Gasteiger partial charge in [0.1, 0.15) is 0 Å². The Bertz CT molecular complexity index is 854. The Morgan fingerprint density at radius 3 is 2.60 bits per heavy atom.